The SMILES string of the molecule is O=C(/C=C/c1ccccc1)c1cc(C(=O)/C=C/c2ccccc2)cc(C(=O)C2C(c3ccccc3)C(C(=O)c3cc(C(=O)/C=C/c4ccccc4)cc(C(=O)/C=C/c4ccccc4)c3)C2c2ccccc2)c1. The molecule has 0 heterocycles. The summed E-state index contributed by atoms with van der Waals surface area (Å²) in [5.74, 6) is -5.35. The van der Waals surface area contributed by atoms with Crippen LogP contribution < -0.4 is 0 Å². The van der Waals surface area contributed by atoms with Crippen LogP contribution in [0.1, 0.15) is 107 Å². The smallest absolute Gasteiger partial charge is 0.185 e. The van der Waals surface area contributed by atoms with Crippen LogP contribution in [0.15, 0.2) is 243 Å². The van der Waals surface area contributed by atoms with Crippen LogP contribution in [0.4, 0.5) is 0 Å². The number of ketones is 6. The van der Waals surface area contributed by atoms with E-state index in [1.807, 2.05) is 182 Å². The summed E-state index contributed by atoms with van der Waals surface area (Å²) in [6.45, 7) is 0. The highest BCUT2D eigenvalue weighted by Gasteiger charge is 2.58. The van der Waals surface area contributed by atoms with E-state index < -0.39 is 46.8 Å². The number of Topliss-reactive ketones (excluding diaryl/α,β-unsaturated/α-hetero) is 2. The minimum Gasteiger partial charge on any atom is -0.294 e. The minimum absolute atomic E-state index is 0.152. The van der Waals surface area contributed by atoms with Crippen LogP contribution >= 0.6 is 0 Å². The molecule has 0 amide bonds. The van der Waals surface area contributed by atoms with Crippen molar-refractivity contribution in [3.63, 3.8) is 0 Å². The Labute approximate surface area is 419 Å². The molecule has 0 N–H and O–H groups in total. The normalized spacial score (nSPS) is 16.4. The highest BCUT2D eigenvalue weighted by Crippen LogP contribution is 2.59. The summed E-state index contributed by atoms with van der Waals surface area (Å²) < 4.78 is 0. The van der Waals surface area contributed by atoms with Crippen molar-refractivity contribution in [2.24, 2.45) is 11.8 Å². The molecule has 1 fully saturated rings. The Morgan fingerprint density at radius 2 is 0.472 bits per heavy atom. The van der Waals surface area contributed by atoms with Crippen molar-refractivity contribution >= 4 is 59.0 Å². The molecular weight excluding hydrogens is 889 g/mol. The number of rotatable bonds is 18. The molecule has 348 valence electrons. The third-order valence-corrected chi connectivity index (χ3v) is 13.0. The zero-order valence-electron chi connectivity index (χ0n) is 39.2. The van der Waals surface area contributed by atoms with Gasteiger partial charge in [-0.15, -0.1) is 0 Å². The van der Waals surface area contributed by atoms with E-state index in [1.54, 1.807) is 24.3 Å². The maximum atomic E-state index is 15.6. The zero-order valence-corrected chi connectivity index (χ0v) is 39.2. The van der Waals surface area contributed by atoms with Crippen LogP contribution in [-0.2, 0) is 0 Å². The van der Waals surface area contributed by atoms with Gasteiger partial charge in [-0.05, 0) is 94.1 Å². The lowest BCUT2D eigenvalue weighted by molar-refractivity contribution is 0.0489. The number of carbonyl (C=O) groups is 6. The molecule has 0 saturated heterocycles. The lowest BCUT2D eigenvalue weighted by Crippen LogP contribution is -2.51. The summed E-state index contributed by atoms with van der Waals surface area (Å²) in [6, 6.07) is 65.3. The van der Waals surface area contributed by atoms with Crippen LogP contribution in [0.25, 0.3) is 24.3 Å². The third-order valence-electron chi connectivity index (χ3n) is 13.0. The topological polar surface area (TPSA) is 102 Å². The summed E-state index contributed by atoms with van der Waals surface area (Å²) in [5.41, 5.74) is 5.63. The maximum Gasteiger partial charge on any atom is 0.185 e. The lowest BCUT2D eigenvalue weighted by Gasteiger charge is -2.51. The quantitative estimate of drug-likeness (QED) is 0.0627. The lowest BCUT2D eigenvalue weighted by atomic mass is 9.49. The minimum atomic E-state index is -0.842. The standard InChI is InChI=1S/C66H48O6/c67-57(35-31-45-19-7-1-8-20-45)51-39-52(58(68)36-32-46-21-9-2-10-22-46)42-55(41-51)65(71)63-61(49-27-15-5-16-28-49)64(62(63)50-29-17-6-18-30-50)66(72)56-43-53(59(69)37-33-47-23-11-3-12-24-47)40-54(44-56)60(70)38-34-48-25-13-4-14-26-48/h1-44,61-64H/b35-31+,36-32+,37-33+,38-34+. The van der Waals surface area contributed by atoms with Gasteiger partial charge in [0.1, 0.15) is 0 Å². The van der Waals surface area contributed by atoms with E-state index in [9.17, 15) is 19.2 Å². The van der Waals surface area contributed by atoms with E-state index >= 15 is 9.59 Å². The molecule has 0 aromatic heterocycles. The fraction of sp³-hybridized carbons (Fsp3) is 0.0606. The fourth-order valence-electron chi connectivity index (χ4n) is 9.40. The molecule has 0 atom stereocenters. The van der Waals surface area contributed by atoms with Gasteiger partial charge in [0, 0.05) is 57.1 Å². The van der Waals surface area contributed by atoms with Crippen LogP contribution in [-0.4, -0.2) is 34.7 Å². The van der Waals surface area contributed by atoms with Crippen molar-refractivity contribution in [3.8, 4) is 0 Å². The first-order chi connectivity index (χ1) is 35.2. The number of allylic oxidation sites excluding steroid dienone is 4. The van der Waals surface area contributed by atoms with Crippen LogP contribution in [0.3, 0.4) is 0 Å². The number of hydrogen-bond acceptors (Lipinski definition) is 6. The highest BCUT2D eigenvalue weighted by atomic mass is 16.1. The van der Waals surface area contributed by atoms with Crippen LogP contribution in [0.5, 0.6) is 0 Å². The van der Waals surface area contributed by atoms with Crippen molar-refractivity contribution in [1.82, 2.24) is 0 Å². The van der Waals surface area contributed by atoms with E-state index in [2.05, 4.69) is 0 Å². The molecule has 0 unspecified atom stereocenters. The molecule has 0 bridgehead atoms. The zero-order chi connectivity index (χ0) is 49.8. The summed E-state index contributed by atoms with van der Waals surface area (Å²) in [6.07, 6.45) is 12.5. The van der Waals surface area contributed by atoms with Gasteiger partial charge < -0.3 is 0 Å². The molecule has 8 aromatic rings. The Hall–Kier alpha value is -9.26. The maximum absolute atomic E-state index is 15.6. The first-order valence-corrected chi connectivity index (χ1v) is 23.8. The van der Waals surface area contributed by atoms with Gasteiger partial charge in [0.05, 0.1) is 0 Å². The van der Waals surface area contributed by atoms with Crippen molar-refractivity contribution in [2.75, 3.05) is 0 Å². The molecule has 9 rings (SSSR count). The molecule has 1 aliphatic carbocycles. The Bertz CT molecular complexity index is 2990. The van der Waals surface area contributed by atoms with Crippen molar-refractivity contribution < 1.29 is 28.8 Å². The Morgan fingerprint density at radius 1 is 0.264 bits per heavy atom. The summed E-state index contributed by atoms with van der Waals surface area (Å²) in [4.78, 5) is 87.3. The van der Waals surface area contributed by atoms with Gasteiger partial charge in [-0.3, -0.25) is 28.8 Å². The van der Waals surface area contributed by atoms with Crippen molar-refractivity contribution in [1.29, 1.82) is 0 Å². The Balaban J connectivity index is 1.14. The predicted molar refractivity (Wildman–Crippen MR) is 286 cm³/mol. The summed E-state index contributed by atoms with van der Waals surface area (Å²) in [7, 11) is 0. The van der Waals surface area contributed by atoms with E-state index in [0.29, 0.717) is 0 Å². The van der Waals surface area contributed by atoms with Crippen LogP contribution in [0.2, 0.25) is 0 Å². The molecule has 72 heavy (non-hydrogen) atoms. The van der Waals surface area contributed by atoms with Gasteiger partial charge in [-0.25, -0.2) is 0 Å². The second-order valence-electron chi connectivity index (χ2n) is 17.7. The predicted octanol–water partition coefficient (Wildman–Crippen LogP) is 14.2. The van der Waals surface area contributed by atoms with Crippen LogP contribution in [0, 0.1) is 11.8 Å². The number of benzene rings is 8. The first kappa shape index (κ1) is 47.8. The monoisotopic (exact) mass is 936 g/mol. The summed E-state index contributed by atoms with van der Waals surface area (Å²) in [5, 5.41) is 0. The molecule has 8 aromatic carbocycles. The van der Waals surface area contributed by atoms with Gasteiger partial charge in [-0.2, -0.15) is 0 Å². The second-order valence-corrected chi connectivity index (χ2v) is 17.7. The molecule has 1 aliphatic rings. The molecule has 6 nitrogen and oxygen atoms in total. The Morgan fingerprint density at radius 3 is 0.708 bits per heavy atom. The molecular formula is C66H48O6. The van der Waals surface area contributed by atoms with E-state index in [-0.39, 0.29) is 44.9 Å². The largest absolute Gasteiger partial charge is 0.294 e. The third kappa shape index (κ3) is 11.3. The van der Waals surface area contributed by atoms with Gasteiger partial charge in [-0.1, -0.05) is 206 Å². The molecule has 6 heteroatoms. The van der Waals surface area contributed by atoms with Crippen molar-refractivity contribution in [3.05, 3.63) is 309 Å². The summed E-state index contributed by atoms with van der Waals surface area (Å²) >= 11 is 0. The van der Waals surface area contributed by atoms with Gasteiger partial charge in [0.25, 0.3) is 0 Å². The molecule has 0 spiro atoms. The molecule has 0 radical (unpaired) electrons. The average molecular weight is 937 g/mol. The van der Waals surface area contributed by atoms with E-state index in [4.69, 9.17) is 0 Å². The Kier molecular flexibility index (Phi) is 14.9. The van der Waals surface area contributed by atoms with Crippen molar-refractivity contribution in [2.45, 2.75) is 11.8 Å². The number of carbonyl (C=O) groups excluding carboxylic acids is 6. The number of hydrogen-bond donors (Lipinski definition) is 0. The van der Waals surface area contributed by atoms with Gasteiger partial charge >= 0.3 is 0 Å². The highest BCUT2D eigenvalue weighted by molar-refractivity contribution is 6.16. The van der Waals surface area contributed by atoms with E-state index in [1.165, 1.54) is 60.7 Å². The van der Waals surface area contributed by atoms with Gasteiger partial charge in [0.2, 0.25) is 0 Å². The first-order valence-electron chi connectivity index (χ1n) is 23.8. The molecule has 0 aliphatic heterocycles. The molecule has 1 saturated carbocycles. The van der Waals surface area contributed by atoms with Gasteiger partial charge in [0.15, 0.2) is 34.7 Å². The fourth-order valence-corrected chi connectivity index (χ4v) is 9.40. The second kappa shape index (κ2) is 22.4. The van der Waals surface area contributed by atoms with E-state index in [0.717, 1.165) is 33.4 Å². The average Bonchev–Trinajstić information content (AvgIpc) is 3.43.